The molecule has 116 valence electrons. The summed E-state index contributed by atoms with van der Waals surface area (Å²) in [4.78, 5) is 14.0. The van der Waals surface area contributed by atoms with Crippen LogP contribution in [-0.4, -0.2) is 23.9 Å². The summed E-state index contributed by atoms with van der Waals surface area (Å²) in [6, 6.07) is 12.6. The van der Waals surface area contributed by atoms with E-state index < -0.39 is 29.3 Å². The zero-order valence-corrected chi connectivity index (χ0v) is 12.5. The smallest absolute Gasteiger partial charge is 0.241 e. The summed E-state index contributed by atoms with van der Waals surface area (Å²) < 4.78 is 27.1. The Kier molecular flexibility index (Phi) is 5.22. The molecule has 0 aliphatic heterocycles. The van der Waals surface area contributed by atoms with Crippen LogP contribution >= 0.6 is 0 Å². The fourth-order valence-corrected chi connectivity index (χ4v) is 2.05. The summed E-state index contributed by atoms with van der Waals surface area (Å²) in [5.41, 5.74) is 0.647. The molecule has 0 aliphatic rings. The van der Waals surface area contributed by atoms with Gasteiger partial charge in [0.1, 0.15) is 17.3 Å². The lowest BCUT2D eigenvalue weighted by Gasteiger charge is -2.24. The van der Waals surface area contributed by atoms with E-state index >= 15 is 0 Å². The molecular formula is C17H18F2N2O. The van der Waals surface area contributed by atoms with Crippen LogP contribution in [0.15, 0.2) is 48.5 Å². The number of benzene rings is 2. The van der Waals surface area contributed by atoms with Crippen LogP contribution in [0.1, 0.15) is 12.5 Å². The van der Waals surface area contributed by atoms with Gasteiger partial charge in [0.05, 0.1) is 6.04 Å². The number of amides is 1. The number of nitrogens with one attached hydrogen (secondary N) is 1. The maximum atomic E-state index is 13.6. The third-order valence-electron chi connectivity index (χ3n) is 3.53. The number of hydrogen-bond acceptors (Lipinski definition) is 2. The average molecular weight is 304 g/mol. The van der Waals surface area contributed by atoms with Crippen molar-refractivity contribution in [3.05, 3.63) is 65.7 Å². The highest BCUT2D eigenvalue weighted by atomic mass is 19.1. The summed E-state index contributed by atoms with van der Waals surface area (Å²) in [6.45, 7) is 2.26. The fraction of sp³-hybridized carbons (Fsp3) is 0.235. The van der Waals surface area contributed by atoms with Crippen molar-refractivity contribution >= 4 is 11.6 Å². The van der Waals surface area contributed by atoms with E-state index in [1.165, 1.54) is 6.07 Å². The molecule has 22 heavy (non-hydrogen) atoms. The highest BCUT2D eigenvalue weighted by molar-refractivity contribution is 5.94. The number of nitrogens with zero attached hydrogens (tertiary/aromatic N) is 1. The quantitative estimate of drug-likeness (QED) is 0.918. The molecule has 1 amide bonds. The number of halogens is 2. The number of hydrogen-bond donors (Lipinski definition) is 1. The molecule has 1 N–H and O–H groups in total. The Morgan fingerprint density at radius 3 is 2.27 bits per heavy atom. The number of para-hydroxylation sites is 1. The minimum Gasteiger partial charge on any atom is -0.320 e. The second kappa shape index (κ2) is 7.13. The van der Waals surface area contributed by atoms with E-state index in [1.807, 2.05) is 35.2 Å². The standard InChI is InChI=1S/C17H18F2N2O/c1-12(21(2)11-13-7-4-3-5-8-13)17(22)20-16-14(18)9-6-10-15(16)19/h3-10,12H,11H2,1-2H3,(H,20,22)/t12-/m1/s1. The maximum absolute atomic E-state index is 13.6. The van der Waals surface area contributed by atoms with Gasteiger partial charge in [-0.3, -0.25) is 9.69 Å². The summed E-state index contributed by atoms with van der Waals surface area (Å²) in [6.07, 6.45) is 0. The van der Waals surface area contributed by atoms with Crippen molar-refractivity contribution in [1.29, 1.82) is 0 Å². The van der Waals surface area contributed by atoms with Crippen molar-refractivity contribution in [2.45, 2.75) is 19.5 Å². The molecule has 3 nitrogen and oxygen atoms in total. The van der Waals surface area contributed by atoms with Crippen LogP contribution < -0.4 is 5.32 Å². The van der Waals surface area contributed by atoms with Crippen LogP contribution in [-0.2, 0) is 11.3 Å². The monoisotopic (exact) mass is 304 g/mol. The predicted octanol–water partition coefficient (Wildman–Crippen LogP) is 3.42. The molecule has 5 heteroatoms. The van der Waals surface area contributed by atoms with Gasteiger partial charge in [-0.1, -0.05) is 36.4 Å². The lowest BCUT2D eigenvalue weighted by atomic mass is 10.2. The highest BCUT2D eigenvalue weighted by Gasteiger charge is 2.20. The Morgan fingerprint density at radius 1 is 1.09 bits per heavy atom. The SMILES string of the molecule is C[C@H](C(=O)Nc1c(F)cccc1F)N(C)Cc1ccccc1. The van der Waals surface area contributed by atoms with E-state index in [0.717, 1.165) is 17.7 Å². The Labute approximate surface area is 128 Å². The van der Waals surface area contributed by atoms with Crippen molar-refractivity contribution in [1.82, 2.24) is 4.90 Å². The van der Waals surface area contributed by atoms with Crippen LogP contribution in [0.5, 0.6) is 0 Å². The summed E-state index contributed by atoms with van der Waals surface area (Å²) in [5.74, 6) is -2.03. The first-order valence-electron chi connectivity index (χ1n) is 6.98. The van der Waals surface area contributed by atoms with Crippen molar-refractivity contribution in [2.75, 3.05) is 12.4 Å². The number of carbonyl (C=O) groups excluding carboxylic acids is 1. The molecule has 2 rings (SSSR count). The second-order valence-electron chi connectivity index (χ2n) is 5.16. The fourth-order valence-electron chi connectivity index (χ4n) is 2.05. The van der Waals surface area contributed by atoms with E-state index in [2.05, 4.69) is 5.32 Å². The van der Waals surface area contributed by atoms with E-state index in [0.29, 0.717) is 6.54 Å². The third kappa shape index (κ3) is 3.89. The molecule has 0 saturated heterocycles. The molecule has 0 radical (unpaired) electrons. The molecule has 0 fully saturated rings. The Bertz CT molecular complexity index is 626. The third-order valence-corrected chi connectivity index (χ3v) is 3.53. The van der Waals surface area contributed by atoms with Gasteiger partial charge in [-0.15, -0.1) is 0 Å². The minimum absolute atomic E-state index is 0.410. The molecule has 0 spiro atoms. The van der Waals surface area contributed by atoms with Crippen molar-refractivity contribution in [2.24, 2.45) is 0 Å². The molecule has 0 saturated carbocycles. The van der Waals surface area contributed by atoms with E-state index in [9.17, 15) is 13.6 Å². The van der Waals surface area contributed by atoms with Gasteiger partial charge < -0.3 is 5.32 Å². The Hall–Kier alpha value is -2.27. The summed E-state index contributed by atoms with van der Waals surface area (Å²) in [7, 11) is 1.79. The number of anilines is 1. The van der Waals surface area contributed by atoms with Crippen LogP contribution in [0.25, 0.3) is 0 Å². The zero-order chi connectivity index (χ0) is 16.1. The number of likely N-dealkylation sites (N-methyl/N-ethyl adjacent to an activating group) is 1. The van der Waals surface area contributed by atoms with Crippen LogP contribution in [0.3, 0.4) is 0 Å². The van der Waals surface area contributed by atoms with Gasteiger partial charge in [-0.2, -0.15) is 0 Å². The molecule has 0 bridgehead atoms. The number of rotatable bonds is 5. The van der Waals surface area contributed by atoms with Gasteiger partial charge in [-0.25, -0.2) is 8.78 Å². The van der Waals surface area contributed by atoms with Gasteiger partial charge in [0.15, 0.2) is 0 Å². The molecule has 0 unspecified atom stereocenters. The number of carbonyl (C=O) groups is 1. The van der Waals surface area contributed by atoms with Gasteiger partial charge in [0, 0.05) is 6.54 Å². The topological polar surface area (TPSA) is 32.3 Å². The second-order valence-corrected chi connectivity index (χ2v) is 5.16. The lowest BCUT2D eigenvalue weighted by Crippen LogP contribution is -2.39. The van der Waals surface area contributed by atoms with Gasteiger partial charge in [-0.05, 0) is 31.7 Å². The molecular weight excluding hydrogens is 286 g/mol. The van der Waals surface area contributed by atoms with Crippen LogP contribution in [0.4, 0.5) is 14.5 Å². The van der Waals surface area contributed by atoms with E-state index in [4.69, 9.17) is 0 Å². The first kappa shape index (κ1) is 16.1. The Morgan fingerprint density at radius 2 is 1.68 bits per heavy atom. The van der Waals surface area contributed by atoms with E-state index in [1.54, 1.807) is 14.0 Å². The van der Waals surface area contributed by atoms with Crippen LogP contribution in [0.2, 0.25) is 0 Å². The van der Waals surface area contributed by atoms with Crippen molar-refractivity contribution in [3.8, 4) is 0 Å². The molecule has 0 heterocycles. The van der Waals surface area contributed by atoms with Gasteiger partial charge >= 0.3 is 0 Å². The first-order valence-corrected chi connectivity index (χ1v) is 6.98. The molecule has 0 aliphatic carbocycles. The summed E-state index contributed by atoms with van der Waals surface area (Å²) in [5, 5.41) is 2.31. The van der Waals surface area contributed by atoms with Crippen LogP contribution in [0, 0.1) is 11.6 Å². The van der Waals surface area contributed by atoms with Gasteiger partial charge in [0.25, 0.3) is 0 Å². The molecule has 1 atom stereocenters. The van der Waals surface area contributed by atoms with Crippen molar-refractivity contribution in [3.63, 3.8) is 0 Å². The zero-order valence-electron chi connectivity index (χ0n) is 12.5. The van der Waals surface area contributed by atoms with E-state index in [-0.39, 0.29) is 0 Å². The largest absolute Gasteiger partial charge is 0.320 e. The van der Waals surface area contributed by atoms with Gasteiger partial charge in [0.2, 0.25) is 5.91 Å². The highest BCUT2D eigenvalue weighted by Crippen LogP contribution is 2.18. The average Bonchev–Trinajstić information content (AvgIpc) is 2.51. The van der Waals surface area contributed by atoms with Crippen molar-refractivity contribution < 1.29 is 13.6 Å². The Balaban J connectivity index is 2.03. The molecule has 2 aromatic carbocycles. The predicted molar refractivity (Wildman–Crippen MR) is 82.4 cm³/mol. The maximum Gasteiger partial charge on any atom is 0.241 e. The minimum atomic E-state index is -0.786. The first-order chi connectivity index (χ1) is 10.5. The lowest BCUT2D eigenvalue weighted by molar-refractivity contribution is -0.120. The normalized spacial score (nSPS) is 12.2. The summed E-state index contributed by atoms with van der Waals surface area (Å²) >= 11 is 0. The molecule has 0 aromatic heterocycles. The molecule has 2 aromatic rings.